The van der Waals surface area contributed by atoms with Crippen LogP contribution in [0.1, 0.15) is 0 Å². The second-order valence-electron chi connectivity index (χ2n) is 3.23. The van der Waals surface area contributed by atoms with E-state index >= 15 is 0 Å². The molecule has 0 saturated carbocycles. The number of carbonyl (C=O) groups excluding carboxylic acids is 1. The van der Waals surface area contributed by atoms with Gasteiger partial charge in [0.2, 0.25) is 10.0 Å². The van der Waals surface area contributed by atoms with Crippen LogP contribution in [0, 0.1) is 0 Å². The first-order chi connectivity index (χ1) is 8.45. The summed E-state index contributed by atoms with van der Waals surface area (Å²) in [5, 5.41) is 0. The van der Waals surface area contributed by atoms with Crippen LogP contribution in [0.5, 0.6) is 0 Å². The van der Waals surface area contributed by atoms with E-state index in [1.165, 1.54) is 24.3 Å². The van der Waals surface area contributed by atoms with Crippen molar-refractivity contribution in [2.24, 2.45) is 11.6 Å². The standard InChI is InChI=1S/C9H14N4O4S/c10-9(14)17-6-5-12-18(15,16)8-3-1-7(13-11)2-4-8/h1-4,12-13H,5-6,11H2,(H2,10,14). The Morgan fingerprint density at radius 2 is 1.89 bits per heavy atom. The fraction of sp³-hybridized carbons (Fsp3) is 0.222. The van der Waals surface area contributed by atoms with E-state index in [2.05, 4.69) is 14.9 Å². The molecule has 1 amide bonds. The van der Waals surface area contributed by atoms with Crippen molar-refractivity contribution >= 4 is 21.8 Å². The van der Waals surface area contributed by atoms with Gasteiger partial charge in [0.15, 0.2) is 0 Å². The van der Waals surface area contributed by atoms with Crippen LogP contribution in [-0.2, 0) is 14.8 Å². The lowest BCUT2D eigenvalue weighted by atomic mass is 10.3. The zero-order valence-electron chi connectivity index (χ0n) is 9.42. The van der Waals surface area contributed by atoms with Gasteiger partial charge in [-0.15, -0.1) is 0 Å². The molecule has 8 nitrogen and oxygen atoms in total. The summed E-state index contributed by atoms with van der Waals surface area (Å²) in [5.41, 5.74) is 7.70. The first-order valence-electron chi connectivity index (χ1n) is 4.94. The Morgan fingerprint density at radius 3 is 2.39 bits per heavy atom. The van der Waals surface area contributed by atoms with E-state index in [0.717, 1.165) is 0 Å². The molecular weight excluding hydrogens is 260 g/mol. The lowest BCUT2D eigenvalue weighted by molar-refractivity contribution is 0.159. The highest BCUT2D eigenvalue weighted by molar-refractivity contribution is 7.89. The fourth-order valence-electron chi connectivity index (χ4n) is 1.14. The van der Waals surface area contributed by atoms with Gasteiger partial charge in [0.05, 0.1) is 4.90 Å². The molecule has 0 aliphatic heterocycles. The van der Waals surface area contributed by atoms with Gasteiger partial charge in [0.25, 0.3) is 0 Å². The van der Waals surface area contributed by atoms with Gasteiger partial charge in [-0.3, -0.25) is 5.84 Å². The number of benzene rings is 1. The van der Waals surface area contributed by atoms with Crippen LogP contribution in [0.3, 0.4) is 0 Å². The molecule has 6 N–H and O–H groups in total. The summed E-state index contributed by atoms with van der Waals surface area (Å²) in [5.74, 6) is 5.16. The topological polar surface area (TPSA) is 137 Å². The van der Waals surface area contributed by atoms with Gasteiger partial charge in [0.1, 0.15) is 6.61 Å². The fourth-order valence-corrected chi connectivity index (χ4v) is 2.15. The average molecular weight is 274 g/mol. The lowest BCUT2D eigenvalue weighted by Gasteiger charge is -2.07. The van der Waals surface area contributed by atoms with Crippen LogP contribution >= 0.6 is 0 Å². The van der Waals surface area contributed by atoms with Gasteiger partial charge in [-0.2, -0.15) is 0 Å². The maximum absolute atomic E-state index is 11.7. The third-order valence-corrected chi connectivity index (χ3v) is 3.45. The molecule has 9 heteroatoms. The summed E-state index contributed by atoms with van der Waals surface area (Å²) in [6, 6.07) is 5.84. The van der Waals surface area contributed by atoms with E-state index in [4.69, 9.17) is 11.6 Å². The van der Waals surface area contributed by atoms with Gasteiger partial charge in [-0.1, -0.05) is 0 Å². The van der Waals surface area contributed by atoms with Crippen molar-refractivity contribution < 1.29 is 17.9 Å². The van der Waals surface area contributed by atoms with Crippen LogP contribution in [-0.4, -0.2) is 27.7 Å². The van der Waals surface area contributed by atoms with E-state index in [-0.39, 0.29) is 18.0 Å². The third-order valence-electron chi connectivity index (χ3n) is 1.97. The van der Waals surface area contributed by atoms with Crippen LogP contribution in [0.25, 0.3) is 0 Å². The Bertz CT molecular complexity index is 500. The molecule has 0 atom stereocenters. The van der Waals surface area contributed by atoms with Crippen molar-refractivity contribution in [1.82, 2.24) is 4.72 Å². The van der Waals surface area contributed by atoms with Gasteiger partial charge in [-0.05, 0) is 24.3 Å². The van der Waals surface area contributed by atoms with E-state index < -0.39 is 16.1 Å². The summed E-state index contributed by atoms with van der Waals surface area (Å²) < 4.78 is 30.1. The molecule has 1 aromatic carbocycles. The number of carbonyl (C=O) groups is 1. The van der Waals surface area contributed by atoms with E-state index in [0.29, 0.717) is 5.69 Å². The van der Waals surface area contributed by atoms with Crippen molar-refractivity contribution in [3.05, 3.63) is 24.3 Å². The highest BCUT2D eigenvalue weighted by atomic mass is 32.2. The molecule has 0 fully saturated rings. The Hall–Kier alpha value is -1.84. The molecule has 1 aromatic rings. The molecule has 0 radical (unpaired) electrons. The molecule has 100 valence electrons. The van der Waals surface area contributed by atoms with Crippen molar-refractivity contribution in [2.75, 3.05) is 18.6 Å². The predicted molar refractivity (Wildman–Crippen MR) is 65.0 cm³/mol. The predicted octanol–water partition coefficient (Wildman–Crippen LogP) is -0.654. The number of hydrogen-bond donors (Lipinski definition) is 4. The summed E-state index contributed by atoms with van der Waals surface area (Å²) in [4.78, 5) is 10.4. The zero-order valence-corrected chi connectivity index (χ0v) is 10.2. The number of hydrazine groups is 1. The highest BCUT2D eigenvalue weighted by Crippen LogP contribution is 2.12. The van der Waals surface area contributed by atoms with Crippen molar-refractivity contribution in [1.29, 1.82) is 0 Å². The number of rotatable bonds is 6. The molecule has 0 aliphatic rings. The minimum Gasteiger partial charge on any atom is -0.448 e. The second kappa shape index (κ2) is 6.19. The van der Waals surface area contributed by atoms with E-state index in [1.54, 1.807) is 0 Å². The number of hydrogen-bond acceptors (Lipinski definition) is 6. The summed E-state index contributed by atoms with van der Waals surface area (Å²) in [6.07, 6.45) is -0.951. The number of anilines is 1. The molecule has 0 heterocycles. The third kappa shape index (κ3) is 4.20. The number of nitrogen functional groups attached to an aromatic ring is 1. The number of amides is 1. The highest BCUT2D eigenvalue weighted by Gasteiger charge is 2.13. The first kappa shape index (κ1) is 14.2. The summed E-state index contributed by atoms with van der Waals surface area (Å²) >= 11 is 0. The molecule has 1 rings (SSSR count). The number of sulfonamides is 1. The average Bonchev–Trinajstić information content (AvgIpc) is 2.34. The van der Waals surface area contributed by atoms with E-state index in [1.807, 2.05) is 0 Å². The number of ether oxygens (including phenoxy) is 1. The minimum absolute atomic E-state index is 0.0534. The molecule has 0 aliphatic carbocycles. The largest absolute Gasteiger partial charge is 0.448 e. The monoisotopic (exact) mass is 274 g/mol. The SMILES string of the molecule is NNc1ccc(S(=O)(=O)NCCOC(N)=O)cc1. The van der Waals surface area contributed by atoms with Gasteiger partial charge in [0, 0.05) is 12.2 Å². The van der Waals surface area contributed by atoms with Gasteiger partial charge in [-0.25, -0.2) is 17.9 Å². The maximum atomic E-state index is 11.7. The second-order valence-corrected chi connectivity index (χ2v) is 5.00. The summed E-state index contributed by atoms with van der Waals surface area (Å²) in [7, 11) is -3.63. The van der Waals surface area contributed by atoms with E-state index in [9.17, 15) is 13.2 Å². The Kier molecular flexibility index (Phi) is 4.89. The first-order valence-corrected chi connectivity index (χ1v) is 6.42. The maximum Gasteiger partial charge on any atom is 0.404 e. The minimum atomic E-state index is -3.63. The number of nitrogens with two attached hydrogens (primary N) is 2. The van der Waals surface area contributed by atoms with Crippen LogP contribution in [0.15, 0.2) is 29.2 Å². The van der Waals surface area contributed by atoms with Crippen molar-refractivity contribution in [3.8, 4) is 0 Å². The quantitative estimate of drug-likeness (QED) is 0.309. The Morgan fingerprint density at radius 1 is 1.28 bits per heavy atom. The normalized spacial score (nSPS) is 10.9. The molecular formula is C9H14N4O4S. The number of primary amides is 1. The molecule has 0 aromatic heterocycles. The molecule has 0 unspecified atom stereocenters. The summed E-state index contributed by atoms with van der Waals surface area (Å²) in [6.45, 7) is -0.181. The van der Waals surface area contributed by atoms with Gasteiger partial charge >= 0.3 is 6.09 Å². The van der Waals surface area contributed by atoms with Crippen LogP contribution in [0.4, 0.5) is 10.5 Å². The van der Waals surface area contributed by atoms with Crippen molar-refractivity contribution in [3.63, 3.8) is 0 Å². The lowest BCUT2D eigenvalue weighted by Crippen LogP contribution is -2.29. The number of nitrogens with one attached hydrogen (secondary N) is 2. The Balaban J connectivity index is 2.59. The molecule has 0 spiro atoms. The van der Waals surface area contributed by atoms with Gasteiger partial charge < -0.3 is 15.9 Å². The molecule has 0 bridgehead atoms. The van der Waals surface area contributed by atoms with Crippen LogP contribution < -0.4 is 21.7 Å². The smallest absolute Gasteiger partial charge is 0.404 e. The van der Waals surface area contributed by atoms with Crippen LogP contribution in [0.2, 0.25) is 0 Å². The zero-order chi connectivity index (χ0) is 13.6. The molecule has 18 heavy (non-hydrogen) atoms. The Labute approximate surface area is 104 Å². The molecule has 0 saturated heterocycles. The van der Waals surface area contributed by atoms with Crippen molar-refractivity contribution in [2.45, 2.75) is 4.90 Å².